The van der Waals surface area contributed by atoms with E-state index in [4.69, 9.17) is 0 Å². The summed E-state index contributed by atoms with van der Waals surface area (Å²) >= 11 is 0. The van der Waals surface area contributed by atoms with Crippen LogP contribution in [-0.4, -0.2) is 0 Å². The number of nitrogens with zero attached hydrogens (tertiary/aromatic N) is 1. The molecule has 84 valence electrons. The third kappa shape index (κ3) is 1.64. The van der Waals surface area contributed by atoms with Crippen molar-refractivity contribution in [3.63, 3.8) is 0 Å². The molecule has 2 heteroatoms. The van der Waals surface area contributed by atoms with Gasteiger partial charge < -0.3 is 5.21 Å². The monoisotopic (exact) mass is 215 g/mol. The summed E-state index contributed by atoms with van der Waals surface area (Å²) in [6.07, 6.45) is 0. The minimum Gasteiger partial charge on any atom is -0.618 e. The van der Waals surface area contributed by atoms with Gasteiger partial charge in [-0.1, -0.05) is 32.9 Å². The average molecular weight is 215 g/mol. The molecule has 0 aliphatic rings. The Labute approximate surface area is 96.1 Å². The summed E-state index contributed by atoms with van der Waals surface area (Å²) in [5.41, 5.74) is 2.61. The number of hydrogen-bond acceptors (Lipinski definition) is 1. The first-order valence-electron chi connectivity index (χ1n) is 5.53. The molecule has 16 heavy (non-hydrogen) atoms. The summed E-state index contributed by atoms with van der Waals surface area (Å²) in [6, 6.07) is 9.74. The second-order valence-electron chi connectivity index (χ2n) is 5.27. The normalized spacial score (nSPS) is 12.0. The van der Waals surface area contributed by atoms with Gasteiger partial charge in [0.2, 0.25) is 5.52 Å². The number of aromatic nitrogens is 1. The summed E-state index contributed by atoms with van der Waals surface area (Å²) in [6.45, 7) is 8.23. The van der Waals surface area contributed by atoms with Gasteiger partial charge in [-0.2, -0.15) is 4.73 Å². The van der Waals surface area contributed by atoms with Crippen molar-refractivity contribution in [3.05, 3.63) is 46.8 Å². The molecule has 1 heterocycles. The molecule has 0 spiro atoms. The lowest BCUT2D eigenvalue weighted by molar-refractivity contribution is -0.590. The fraction of sp³-hybridized carbons (Fsp3) is 0.357. The first-order valence-corrected chi connectivity index (χ1v) is 5.53. The number of pyridine rings is 1. The Morgan fingerprint density at radius 2 is 1.75 bits per heavy atom. The Hall–Kier alpha value is -1.57. The minimum absolute atomic E-state index is 0.128. The molecule has 2 aromatic rings. The van der Waals surface area contributed by atoms with Gasteiger partial charge in [0.05, 0.1) is 5.39 Å². The Balaban J connectivity index is 2.86. The number of aryl methyl sites for hydroxylation is 1. The van der Waals surface area contributed by atoms with Crippen molar-refractivity contribution in [1.82, 2.24) is 0 Å². The summed E-state index contributed by atoms with van der Waals surface area (Å²) in [7, 11) is 0. The second-order valence-corrected chi connectivity index (χ2v) is 5.27. The number of rotatable bonds is 0. The smallest absolute Gasteiger partial charge is 0.224 e. The number of para-hydroxylation sites is 1. The van der Waals surface area contributed by atoms with Gasteiger partial charge in [0.25, 0.3) is 0 Å². The van der Waals surface area contributed by atoms with Crippen LogP contribution in [0.3, 0.4) is 0 Å². The van der Waals surface area contributed by atoms with Gasteiger partial charge in [-0.3, -0.25) is 0 Å². The van der Waals surface area contributed by atoms with Gasteiger partial charge >= 0.3 is 0 Å². The van der Waals surface area contributed by atoms with Gasteiger partial charge in [-0.15, -0.1) is 0 Å². The van der Waals surface area contributed by atoms with E-state index in [9.17, 15) is 5.21 Å². The Kier molecular flexibility index (Phi) is 2.38. The summed E-state index contributed by atoms with van der Waals surface area (Å²) in [4.78, 5) is 0. The van der Waals surface area contributed by atoms with Crippen LogP contribution in [0, 0.1) is 12.1 Å². The van der Waals surface area contributed by atoms with E-state index in [0.29, 0.717) is 0 Å². The van der Waals surface area contributed by atoms with E-state index in [1.54, 1.807) is 0 Å². The lowest BCUT2D eigenvalue weighted by atomic mass is 9.90. The van der Waals surface area contributed by atoms with E-state index in [2.05, 4.69) is 27.7 Å². The molecule has 0 radical (unpaired) electrons. The van der Waals surface area contributed by atoms with Crippen LogP contribution in [0.15, 0.2) is 30.3 Å². The van der Waals surface area contributed by atoms with E-state index in [0.717, 1.165) is 26.9 Å². The summed E-state index contributed by atoms with van der Waals surface area (Å²) in [5.74, 6) is 0. The van der Waals surface area contributed by atoms with Gasteiger partial charge in [0.1, 0.15) is 0 Å². The van der Waals surface area contributed by atoms with Crippen molar-refractivity contribution in [2.75, 3.05) is 0 Å². The molecule has 0 saturated carbocycles. The van der Waals surface area contributed by atoms with Crippen LogP contribution in [-0.2, 0) is 5.41 Å². The minimum atomic E-state index is -0.128. The van der Waals surface area contributed by atoms with Crippen LogP contribution in [0.5, 0.6) is 0 Å². The van der Waals surface area contributed by atoms with Crippen LogP contribution in [0.25, 0.3) is 10.9 Å². The average Bonchev–Trinajstić information content (AvgIpc) is 2.22. The highest BCUT2D eigenvalue weighted by atomic mass is 16.5. The van der Waals surface area contributed by atoms with E-state index >= 15 is 0 Å². The quantitative estimate of drug-likeness (QED) is 0.490. The van der Waals surface area contributed by atoms with E-state index in [1.807, 2.05) is 30.3 Å². The molecule has 0 amide bonds. The van der Waals surface area contributed by atoms with Crippen LogP contribution in [0.2, 0.25) is 0 Å². The highest BCUT2D eigenvalue weighted by Gasteiger charge is 2.25. The van der Waals surface area contributed by atoms with Crippen LogP contribution in [0.1, 0.15) is 32.0 Å². The molecule has 0 atom stereocenters. The topological polar surface area (TPSA) is 26.9 Å². The number of benzene rings is 1. The van der Waals surface area contributed by atoms with Crippen molar-refractivity contribution in [2.45, 2.75) is 33.1 Å². The fourth-order valence-electron chi connectivity index (χ4n) is 1.98. The van der Waals surface area contributed by atoms with E-state index in [1.165, 1.54) is 0 Å². The van der Waals surface area contributed by atoms with Gasteiger partial charge in [0.15, 0.2) is 5.69 Å². The third-order valence-electron chi connectivity index (χ3n) is 2.89. The Bertz CT molecular complexity index is 538. The molecule has 0 aliphatic carbocycles. The molecular formula is C14H17NO. The Morgan fingerprint density at radius 1 is 1.12 bits per heavy atom. The van der Waals surface area contributed by atoms with Crippen molar-refractivity contribution in [3.8, 4) is 0 Å². The fourth-order valence-corrected chi connectivity index (χ4v) is 1.98. The number of hydrogen-bond donors (Lipinski definition) is 0. The maximum absolute atomic E-state index is 12.2. The molecule has 0 N–H and O–H groups in total. The molecule has 0 bridgehead atoms. The highest BCUT2D eigenvalue weighted by Crippen LogP contribution is 2.23. The first kappa shape index (κ1) is 10.9. The first-order chi connectivity index (χ1) is 7.41. The van der Waals surface area contributed by atoms with Crippen molar-refractivity contribution in [1.29, 1.82) is 0 Å². The van der Waals surface area contributed by atoms with Gasteiger partial charge in [-0.25, -0.2) is 0 Å². The van der Waals surface area contributed by atoms with Crippen LogP contribution < -0.4 is 4.73 Å². The summed E-state index contributed by atoms with van der Waals surface area (Å²) < 4.78 is 1.06. The SMILES string of the molecule is Cc1cc(C(C)(C)C)[n+]([O-])c2ccccc12. The molecule has 0 fully saturated rings. The van der Waals surface area contributed by atoms with Crippen molar-refractivity contribution >= 4 is 10.9 Å². The lowest BCUT2D eigenvalue weighted by Crippen LogP contribution is -2.39. The maximum atomic E-state index is 12.2. The molecule has 0 unspecified atom stereocenters. The molecule has 1 aromatic carbocycles. The molecule has 2 nitrogen and oxygen atoms in total. The molecule has 0 aliphatic heterocycles. The van der Waals surface area contributed by atoms with Gasteiger partial charge in [-0.05, 0) is 18.6 Å². The van der Waals surface area contributed by atoms with Crippen molar-refractivity contribution < 1.29 is 4.73 Å². The van der Waals surface area contributed by atoms with Gasteiger partial charge in [0, 0.05) is 17.5 Å². The predicted octanol–water partition coefficient (Wildman–Crippen LogP) is 3.08. The molecular weight excluding hydrogens is 198 g/mol. The largest absolute Gasteiger partial charge is 0.618 e. The Morgan fingerprint density at radius 3 is 2.38 bits per heavy atom. The number of fused-ring (bicyclic) bond motifs is 1. The van der Waals surface area contributed by atoms with Crippen LogP contribution in [0.4, 0.5) is 0 Å². The van der Waals surface area contributed by atoms with Crippen LogP contribution >= 0.6 is 0 Å². The van der Waals surface area contributed by atoms with E-state index < -0.39 is 0 Å². The van der Waals surface area contributed by atoms with E-state index in [-0.39, 0.29) is 5.41 Å². The molecule has 0 saturated heterocycles. The standard InChI is InChI=1S/C14H17NO/c1-10-9-13(14(2,3)4)15(16)12-8-6-5-7-11(10)12/h5-9H,1-4H3. The molecule has 1 aromatic heterocycles. The lowest BCUT2D eigenvalue weighted by Gasteiger charge is -2.19. The third-order valence-corrected chi connectivity index (χ3v) is 2.89. The molecule has 2 rings (SSSR count). The second kappa shape index (κ2) is 3.48. The predicted molar refractivity (Wildman–Crippen MR) is 66.3 cm³/mol. The zero-order valence-electron chi connectivity index (χ0n) is 10.2. The zero-order chi connectivity index (χ0) is 11.9. The highest BCUT2D eigenvalue weighted by molar-refractivity contribution is 5.79. The van der Waals surface area contributed by atoms with Crippen molar-refractivity contribution in [2.24, 2.45) is 0 Å². The zero-order valence-corrected chi connectivity index (χ0v) is 10.2. The maximum Gasteiger partial charge on any atom is 0.224 e. The summed E-state index contributed by atoms with van der Waals surface area (Å²) in [5, 5.41) is 13.3.